The average molecular weight is 209 g/mol. The normalized spacial score (nSPS) is 15.7. The summed E-state index contributed by atoms with van der Waals surface area (Å²) >= 11 is 0. The second-order valence-corrected chi connectivity index (χ2v) is 4.24. The van der Waals surface area contributed by atoms with Gasteiger partial charge in [0.1, 0.15) is 5.82 Å². The molecule has 0 spiro atoms. The molecule has 0 unspecified atom stereocenters. The molecule has 1 aliphatic rings. The number of hydrogen-bond donors (Lipinski definition) is 1. The van der Waals surface area contributed by atoms with Gasteiger partial charge in [0.2, 0.25) is 0 Å². The van der Waals surface area contributed by atoms with Crippen LogP contribution in [0.15, 0.2) is 0 Å². The second-order valence-electron chi connectivity index (χ2n) is 4.24. The van der Waals surface area contributed by atoms with Gasteiger partial charge in [-0.2, -0.15) is 5.10 Å². The van der Waals surface area contributed by atoms with Gasteiger partial charge in [0, 0.05) is 26.3 Å². The van der Waals surface area contributed by atoms with E-state index in [0.29, 0.717) is 6.61 Å². The molecule has 0 saturated heterocycles. The van der Waals surface area contributed by atoms with Crippen molar-refractivity contribution in [3.8, 4) is 0 Å². The smallest absolute Gasteiger partial charge is 0.129 e. The third-order valence-corrected chi connectivity index (χ3v) is 2.88. The summed E-state index contributed by atoms with van der Waals surface area (Å²) in [6, 6.07) is 0. The molecule has 15 heavy (non-hydrogen) atoms. The van der Waals surface area contributed by atoms with Gasteiger partial charge in [-0.3, -0.25) is 4.68 Å². The first-order chi connectivity index (χ1) is 7.22. The molecule has 1 aromatic heterocycles. The van der Waals surface area contributed by atoms with Gasteiger partial charge in [-0.15, -0.1) is 0 Å². The van der Waals surface area contributed by atoms with Crippen molar-refractivity contribution in [2.45, 2.75) is 26.4 Å². The molecule has 4 nitrogen and oxygen atoms in total. The summed E-state index contributed by atoms with van der Waals surface area (Å²) in [5.41, 5.74) is 2.23. The van der Waals surface area contributed by atoms with Crippen molar-refractivity contribution in [2.24, 2.45) is 13.0 Å². The van der Waals surface area contributed by atoms with Crippen LogP contribution >= 0.6 is 0 Å². The minimum Gasteiger partial charge on any atom is -0.376 e. The van der Waals surface area contributed by atoms with Crippen molar-refractivity contribution in [3.05, 3.63) is 11.3 Å². The minimum absolute atomic E-state index is 0.673. The molecule has 1 fully saturated rings. The molecule has 1 aliphatic carbocycles. The maximum Gasteiger partial charge on any atom is 0.129 e. The van der Waals surface area contributed by atoms with Crippen molar-refractivity contribution in [3.63, 3.8) is 0 Å². The monoisotopic (exact) mass is 209 g/mol. The lowest BCUT2D eigenvalue weighted by molar-refractivity contribution is 0.111. The van der Waals surface area contributed by atoms with E-state index in [-0.39, 0.29) is 0 Å². The molecule has 1 aromatic rings. The first kappa shape index (κ1) is 10.5. The van der Waals surface area contributed by atoms with Crippen LogP contribution in [-0.2, 0) is 18.4 Å². The summed E-state index contributed by atoms with van der Waals surface area (Å²) in [6.07, 6.45) is 2.68. The molecule has 0 radical (unpaired) electrons. The maximum absolute atomic E-state index is 5.69. The standard InChI is InChI=1S/C11H19N3O/c1-8-10(7-15-6-9-4-5-9)11(12-2)14(3)13-8/h9,12H,4-7H2,1-3H3. The van der Waals surface area contributed by atoms with Gasteiger partial charge in [0.15, 0.2) is 0 Å². The number of rotatable bonds is 5. The third-order valence-electron chi connectivity index (χ3n) is 2.88. The van der Waals surface area contributed by atoms with Gasteiger partial charge in [-0.1, -0.05) is 0 Å². The van der Waals surface area contributed by atoms with Gasteiger partial charge in [-0.05, 0) is 25.7 Å². The highest BCUT2D eigenvalue weighted by molar-refractivity contribution is 5.46. The number of hydrogen-bond acceptors (Lipinski definition) is 3. The van der Waals surface area contributed by atoms with Crippen LogP contribution in [0.1, 0.15) is 24.1 Å². The van der Waals surface area contributed by atoms with E-state index in [9.17, 15) is 0 Å². The second kappa shape index (κ2) is 4.23. The molecule has 2 rings (SSSR count). The molecule has 1 saturated carbocycles. The molecular weight excluding hydrogens is 190 g/mol. The predicted octanol–water partition coefficient (Wildman–Crippen LogP) is 1.70. The van der Waals surface area contributed by atoms with E-state index in [1.807, 2.05) is 25.7 Å². The number of ether oxygens (including phenoxy) is 1. The van der Waals surface area contributed by atoms with Crippen LogP contribution in [0.5, 0.6) is 0 Å². The van der Waals surface area contributed by atoms with Gasteiger partial charge in [0.05, 0.1) is 12.3 Å². The zero-order valence-corrected chi connectivity index (χ0v) is 9.71. The molecule has 1 N–H and O–H groups in total. The van der Waals surface area contributed by atoms with E-state index in [1.165, 1.54) is 18.4 Å². The molecule has 0 amide bonds. The number of aryl methyl sites for hydroxylation is 2. The van der Waals surface area contributed by atoms with Gasteiger partial charge in [-0.25, -0.2) is 0 Å². The largest absolute Gasteiger partial charge is 0.376 e. The van der Waals surface area contributed by atoms with Crippen LogP contribution in [0.2, 0.25) is 0 Å². The van der Waals surface area contributed by atoms with Crippen LogP contribution in [0.4, 0.5) is 5.82 Å². The Morgan fingerprint density at radius 2 is 2.27 bits per heavy atom. The molecule has 0 aliphatic heterocycles. The highest BCUT2D eigenvalue weighted by Crippen LogP contribution is 2.29. The summed E-state index contributed by atoms with van der Waals surface area (Å²) in [5.74, 6) is 1.88. The Morgan fingerprint density at radius 1 is 1.53 bits per heavy atom. The van der Waals surface area contributed by atoms with Crippen molar-refractivity contribution >= 4 is 5.82 Å². The Labute approximate surface area is 90.6 Å². The molecule has 1 heterocycles. The molecule has 0 aromatic carbocycles. The van der Waals surface area contributed by atoms with Crippen LogP contribution in [0.25, 0.3) is 0 Å². The Kier molecular flexibility index (Phi) is 2.95. The van der Waals surface area contributed by atoms with Gasteiger partial charge >= 0.3 is 0 Å². The Bertz CT molecular complexity index is 342. The van der Waals surface area contributed by atoms with E-state index < -0.39 is 0 Å². The van der Waals surface area contributed by atoms with E-state index in [4.69, 9.17) is 4.74 Å². The van der Waals surface area contributed by atoms with E-state index in [2.05, 4.69) is 10.4 Å². The van der Waals surface area contributed by atoms with Gasteiger partial charge < -0.3 is 10.1 Å². The Balaban J connectivity index is 1.98. The summed E-state index contributed by atoms with van der Waals surface area (Å²) < 4.78 is 7.55. The fourth-order valence-electron chi connectivity index (χ4n) is 1.80. The maximum atomic E-state index is 5.69. The fourth-order valence-corrected chi connectivity index (χ4v) is 1.80. The fraction of sp³-hybridized carbons (Fsp3) is 0.727. The third kappa shape index (κ3) is 2.31. The average Bonchev–Trinajstić information content (AvgIpc) is 2.95. The highest BCUT2D eigenvalue weighted by atomic mass is 16.5. The zero-order valence-electron chi connectivity index (χ0n) is 9.71. The van der Waals surface area contributed by atoms with Crippen molar-refractivity contribution in [2.75, 3.05) is 19.0 Å². The molecule has 0 bridgehead atoms. The summed E-state index contributed by atoms with van der Waals surface area (Å²) in [6.45, 7) is 3.60. The Morgan fingerprint density at radius 3 is 2.87 bits per heavy atom. The number of nitrogens with zero attached hydrogens (tertiary/aromatic N) is 2. The molecule has 0 atom stereocenters. The van der Waals surface area contributed by atoms with E-state index in [0.717, 1.165) is 24.0 Å². The van der Waals surface area contributed by atoms with Crippen molar-refractivity contribution in [1.82, 2.24) is 9.78 Å². The predicted molar refractivity (Wildman–Crippen MR) is 59.9 cm³/mol. The molecule has 4 heteroatoms. The van der Waals surface area contributed by atoms with Crippen molar-refractivity contribution < 1.29 is 4.74 Å². The Hall–Kier alpha value is -1.03. The topological polar surface area (TPSA) is 39.1 Å². The first-order valence-electron chi connectivity index (χ1n) is 5.50. The quantitative estimate of drug-likeness (QED) is 0.802. The number of aromatic nitrogens is 2. The summed E-state index contributed by atoms with van der Waals surface area (Å²) in [5, 5.41) is 7.53. The SMILES string of the molecule is CNc1c(COCC2CC2)c(C)nn1C. The highest BCUT2D eigenvalue weighted by Gasteiger charge is 2.21. The lowest BCUT2D eigenvalue weighted by Crippen LogP contribution is -2.03. The van der Waals surface area contributed by atoms with Gasteiger partial charge in [0.25, 0.3) is 0 Å². The van der Waals surface area contributed by atoms with Crippen molar-refractivity contribution in [1.29, 1.82) is 0 Å². The number of anilines is 1. The summed E-state index contributed by atoms with van der Waals surface area (Å²) in [7, 11) is 3.87. The van der Waals surface area contributed by atoms with Crippen LogP contribution in [0.3, 0.4) is 0 Å². The molecule has 84 valence electrons. The number of nitrogens with one attached hydrogen (secondary N) is 1. The van der Waals surface area contributed by atoms with E-state index >= 15 is 0 Å². The lowest BCUT2D eigenvalue weighted by atomic mass is 10.2. The minimum atomic E-state index is 0.673. The van der Waals surface area contributed by atoms with Crippen LogP contribution in [0, 0.1) is 12.8 Å². The first-order valence-corrected chi connectivity index (χ1v) is 5.50. The molecular formula is C11H19N3O. The summed E-state index contributed by atoms with van der Waals surface area (Å²) in [4.78, 5) is 0. The lowest BCUT2D eigenvalue weighted by Gasteiger charge is -2.06. The van der Waals surface area contributed by atoms with E-state index in [1.54, 1.807) is 0 Å². The van der Waals surface area contributed by atoms with Crippen LogP contribution < -0.4 is 5.32 Å². The van der Waals surface area contributed by atoms with Crippen LogP contribution in [-0.4, -0.2) is 23.4 Å². The zero-order chi connectivity index (χ0) is 10.8.